The zero-order valence-corrected chi connectivity index (χ0v) is 29.1. The Bertz CT molecular complexity index is 1690. The van der Waals surface area contributed by atoms with Crippen molar-refractivity contribution in [3.05, 3.63) is 36.9 Å². The Hall–Kier alpha value is -3.72. The van der Waals surface area contributed by atoms with Gasteiger partial charge in [0.2, 0.25) is 27.7 Å². The standard InChI is InChI=1S/C32H43N5O8S2/c1-8-18-16-32(18,28(40)36-47(42,43)20-13-14-20)34-25(38)22-15-19(44-26-21-11-9-10-12-23(21)46-35-26)17-37(22)27(39)24(30(2,3)4)33-29(41)45-31(5,6)7/h8-12,18-20,22,24H,1,13-17H2,2-7H3,(H,33,41)(H,34,38)(H,36,40)/t18-,19+,22-,24+,32+/m0/s1. The summed E-state index contributed by atoms with van der Waals surface area (Å²) in [4.78, 5) is 55.9. The van der Waals surface area contributed by atoms with Crippen molar-refractivity contribution >= 4 is 55.5 Å². The molecule has 2 aromatic rings. The van der Waals surface area contributed by atoms with E-state index >= 15 is 0 Å². The normalized spacial score (nSPS) is 25.1. The summed E-state index contributed by atoms with van der Waals surface area (Å²) in [6, 6.07) is 5.34. The van der Waals surface area contributed by atoms with Crippen molar-refractivity contribution in [2.45, 2.75) is 102 Å². The number of carbonyl (C=O) groups is 4. The zero-order valence-electron chi connectivity index (χ0n) is 27.5. The van der Waals surface area contributed by atoms with Gasteiger partial charge in [-0.2, -0.15) is 4.37 Å². The molecule has 256 valence electrons. The van der Waals surface area contributed by atoms with Crippen molar-refractivity contribution in [1.82, 2.24) is 24.6 Å². The molecule has 1 aromatic carbocycles. The molecule has 2 saturated carbocycles. The minimum absolute atomic E-state index is 0.00844. The Morgan fingerprint density at radius 3 is 2.40 bits per heavy atom. The van der Waals surface area contributed by atoms with Gasteiger partial charge in [-0.25, -0.2) is 13.2 Å². The molecule has 3 N–H and O–H groups in total. The molecule has 3 aliphatic rings. The second-order valence-corrected chi connectivity index (χ2v) is 17.4. The van der Waals surface area contributed by atoms with Crippen LogP contribution in [0, 0.1) is 11.3 Å². The Labute approximate surface area is 279 Å². The molecule has 4 amide bonds. The second-order valence-electron chi connectivity index (χ2n) is 14.6. The van der Waals surface area contributed by atoms with E-state index in [1.54, 1.807) is 41.5 Å². The highest BCUT2D eigenvalue weighted by Crippen LogP contribution is 2.45. The van der Waals surface area contributed by atoms with Crippen LogP contribution in [0.4, 0.5) is 4.79 Å². The molecular weight excluding hydrogens is 647 g/mol. The minimum atomic E-state index is -3.88. The second kappa shape index (κ2) is 12.4. The van der Waals surface area contributed by atoms with Crippen LogP contribution in [-0.2, 0) is 29.1 Å². The Balaban J connectivity index is 1.42. The van der Waals surface area contributed by atoms with Crippen molar-refractivity contribution in [1.29, 1.82) is 0 Å². The third-order valence-corrected chi connectivity index (χ3v) is 11.1. The highest BCUT2D eigenvalue weighted by Gasteiger charge is 2.62. The number of hydrogen-bond acceptors (Lipinski definition) is 10. The van der Waals surface area contributed by atoms with Gasteiger partial charge in [-0.05, 0) is 69.1 Å². The average Bonchev–Trinajstić information content (AvgIpc) is 3.86. The maximum absolute atomic E-state index is 14.3. The van der Waals surface area contributed by atoms with Crippen molar-refractivity contribution in [2.75, 3.05) is 6.54 Å². The van der Waals surface area contributed by atoms with E-state index < -0.39 is 79.7 Å². The van der Waals surface area contributed by atoms with E-state index in [0.717, 1.165) is 10.1 Å². The summed E-state index contributed by atoms with van der Waals surface area (Å²) < 4.78 is 44.4. The van der Waals surface area contributed by atoms with E-state index in [9.17, 15) is 27.6 Å². The first-order valence-corrected chi connectivity index (χ1v) is 18.0. The number of alkyl carbamates (subject to hydrolysis) is 1. The molecule has 47 heavy (non-hydrogen) atoms. The topological polar surface area (TPSA) is 173 Å². The molecule has 1 saturated heterocycles. The predicted octanol–water partition coefficient (Wildman–Crippen LogP) is 3.25. The van der Waals surface area contributed by atoms with Crippen molar-refractivity contribution in [2.24, 2.45) is 11.3 Å². The quantitative estimate of drug-likeness (QED) is 0.317. The van der Waals surface area contributed by atoms with E-state index in [1.807, 2.05) is 24.3 Å². The first kappa shape index (κ1) is 34.6. The molecule has 2 heterocycles. The zero-order chi connectivity index (χ0) is 34.5. The minimum Gasteiger partial charge on any atom is -0.471 e. The Kier molecular flexibility index (Phi) is 9.12. The summed E-state index contributed by atoms with van der Waals surface area (Å²) in [6.07, 6.45) is 1.21. The van der Waals surface area contributed by atoms with Gasteiger partial charge < -0.3 is 25.0 Å². The maximum Gasteiger partial charge on any atom is 0.408 e. The van der Waals surface area contributed by atoms with E-state index in [4.69, 9.17) is 9.47 Å². The molecule has 5 atom stereocenters. The molecule has 1 aromatic heterocycles. The first-order chi connectivity index (χ1) is 21.8. The van der Waals surface area contributed by atoms with Crippen LogP contribution in [0.1, 0.15) is 67.2 Å². The van der Waals surface area contributed by atoms with Crippen LogP contribution in [-0.4, -0.2) is 82.6 Å². The van der Waals surface area contributed by atoms with E-state index in [-0.39, 0.29) is 19.4 Å². The Morgan fingerprint density at radius 2 is 1.81 bits per heavy atom. The van der Waals surface area contributed by atoms with Crippen LogP contribution in [0.5, 0.6) is 5.88 Å². The monoisotopic (exact) mass is 689 g/mol. The molecule has 1 aliphatic heterocycles. The van der Waals surface area contributed by atoms with Gasteiger partial charge in [0.15, 0.2) is 0 Å². The van der Waals surface area contributed by atoms with Crippen LogP contribution < -0.4 is 20.1 Å². The van der Waals surface area contributed by atoms with E-state index in [2.05, 4.69) is 26.3 Å². The molecule has 0 spiro atoms. The van der Waals surface area contributed by atoms with Gasteiger partial charge in [-0.15, -0.1) is 6.58 Å². The Morgan fingerprint density at radius 1 is 1.13 bits per heavy atom. The van der Waals surface area contributed by atoms with Crippen LogP contribution in [0.15, 0.2) is 36.9 Å². The van der Waals surface area contributed by atoms with Gasteiger partial charge in [0.1, 0.15) is 29.3 Å². The number of fused-ring (bicyclic) bond motifs is 1. The number of nitrogens with one attached hydrogen (secondary N) is 3. The summed E-state index contributed by atoms with van der Waals surface area (Å²) in [6.45, 7) is 14.2. The third-order valence-electron chi connectivity index (χ3n) is 8.49. The number of likely N-dealkylation sites (tertiary alicyclic amines) is 1. The largest absolute Gasteiger partial charge is 0.471 e. The van der Waals surface area contributed by atoms with Gasteiger partial charge in [-0.3, -0.25) is 19.1 Å². The molecular formula is C32H43N5O8S2. The SMILES string of the molecule is C=C[C@H]1C[C@]1(NC(=O)[C@@H]1C[C@@H](Oc2nsc3ccccc23)CN1C(=O)[C@@H](NC(=O)OC(C)(C)C)C(C)(C)C)C(=O)NS(=O)(=O)C1CC1. The molecule has 0 radical (unpaired) electrons. The van der Waals surface area contributed by atoms with Gasteiger partial charge >= 0.3 is 6.09 Å². The maximum atomic E-state index is 14.3. The molecule has 15 heteroatoms. The van der Waals surface area contributed by atoms with Crippen LogP contribution in [0.25, 0.3) is 10.1 Å². The van der Waals surface area contributed by atoms with E-state index in [1.165, 1.54) is 22.5 Å². The van der Waals surface area contributed by atoms with Crippen molar-refractivity contribution < 1.29 is 37.1 Å². The summed E-state index contributed by atoms with van der Waals surface area (Å²) in [7, 11) is -3.88. The van der Waals surface area contributed by atoms with Gasteiger partial charge in [-0.1, -0.05) is 39.0 Å². The van der Waals surface area contributed by atoms with Crippen molar-refractivity contribution in [3.8, 4) is 5.88 Å². The molecule has 0 bridgehead atoms. The number of nitrogens with zero attached hydrogens (tertiary/aromatic N) is 2. The van der Waals surface area contributed by atoms with Crippen molar-refractivity contribution in [3.63, 3.8) is 0 Å². The smallest absolute Gasteiger partial charge is 0.408 e. The van der Waals surface area contributed by atoms with Crippen LogP contribution >= 0.6 is 11.5 Å². The van der Waals surface area contributed by atoms with Crippen LogP contribution in [0.2, 0.25) is 0 Å². The summed E-state index contributed by atoms with van der Waals surface area (Å²) in [5.41, 5.74) is -3.13. The summed E-state index contributed by atoms with van der Waals surface area (Å²) in [5, 5.41) is 5.63. The first-order valence-electron chi connectivity index (χ1n) is 15.7. The highest BCUT2D eigenvalue weighted by atomic mass is 32.2. The highest BCUT2D eigenvalue weighted by molar-refractivity contribution is 7.91. The molecule has 5 rings (SSSR count). The lowest BCUT2D eigenvalue weighted by molar-refractivity contribution is -0.143. The number of amides is 4. The molecule has 3 fully saturated rings. The third kappa shape index (κ3) is 7.56. The molecule has 2 aliphatic carbocycles. The van der Waals surface area contributed by atoms with Gasteiger partial charge in [0.05, 0.1) is 21.9 Å². The fraction of sp³-hybridized carbons (Fsp3) is 0.594. The lowest BCUT2D eigenvalue weighted by Crippen LogP contribution is -2.60. The number of sulfonamides is 1. The number of ether oxygens (including phenoxy) is 2. The summed E-state index contributed by atoms with van der Waals surface area (Å²) >= 11 is 1.26. The van der Waals surface area contributed by atoms with Gasteiger partial charge in [0.25, 0.3) is 5.91 Å². The van der Waals surface area contributed by atoms with Gasteiger partial charge in [0, 0.05) is 12.3 Å². The number of rotatable bonds is 10. The average molecular weight is 690 g/mol. The lowest BCUT2D eigenvalue weighted by Gasteiger charge is -2.36. The lowest BCUT2D eigenvalue weighted by atomic mass is 9.85. The fourth-order valence-electron chi connectivity index (χ4n) is 5.74. The predicted molar refractivity (Wildman–Crippen MR) is 176 cm³/mol. The van der Waals surface area contributed by atoms with Crippen LogP contribution in [0.3, 0.4) is 0 Å². The fourth-order valence-corrected chi connectivity index (χ4v) is 7.82. The summed E-state index contributed by atoms with van der Waals surface area (Å²) in [5.74, 6) is -2.15. The molecule has 13 nitrogen and oxygen atoms in total. The number of carbonyl (C=O) groups excluding carboxylic acids is 4. The number of benzene rings is 1. The van der Waals surface area contributed by atoms with E-state index in [0.29, 0.717) is 18.7 Å². The number of aromatic nitrogens is 1. The molecule has 0 unspecified atom stereocenters. The number of hydrogen-bond donors (Lipinski definition) is 3.